The monoisotopic (exact) mass is 612 g/mol. The third-order valence-electron chi connectivity index (χ3n) is 6.50. The fourth-order valence-electron chi connectivity index (χ4n) is 4.60. The van der Waals surface area contributed by atoms with Crippen LogP contribution in [0.5, 0.6) is 5.75 Å². The standard InChI is InChI=1S/C28H20F4N6O4S/c29-21-12-16(25-33-15-37(36-25)18-5-7-19(8-6-18)42-28(30,31)32)4-9-22(21)34-26(40)35-27-38(24(39)14-43-27)23-3-1-2-17-13-41-11-10-20(17)23/h1-9,12,15H,10-11,13-14H2,(H,34,40)/b35-27-. The minimum atomic E-state index is -4.81. The van der Waals surface area contributed by atoms with Gasteiger partial charge in [0, 0.05) is 5.56 Å². The Morgan fingerprint density at radius 2 is 1.93 bits per heavy atom. The number of hydrogen-bond donors (Lipinski definition) is 1. The Hall–Kier alpha value is -4.76. The van der Waals surface area contributed by atoms with E-state index in [2.05, 4.69) is 25.1 Å². The highest BCUT2D eigenvalue weighted by Gasteiger charge is 2.33. The van der Waals surface area contributed by atoms with E-state index >= 15 is 0 Å². The number of thioether (sulfide) groups is 1. The number of aliphatic imine (C=N–C) groups is 1. The van der Waals surface area contributed by atoms with Gasteiger partial charge in [-0.2, -0.15) is 4.99 Å². The number of anilines is 2. The van der Waals surface area contributed by atoms with Gasteiger partial charge in [0.2, 0.25) is 5.91 Å². The first-order chi connectivity index (χ1) is 20.6. The van der Waals surface area contributed by atoms with Gasteiger partial charge in [-0.1, -0.05) is 23.9 Å². The van der Waals surface area contributed by atoms with Gasteiger partial charge in [-0.25, -0.2) is 18.9 Å². The van der Waals surface area contributed by atoms with Crippen LogP contribution in [0.1, 0.15) is 11.1 Å². The molecule has 43 heavy (non-hydrogen) atoms. The average Bonchev–Trinajstić information content (AvgIpc) is 3.60. The topological polar surface area (TPSA) is 111 Å². The van der Waals surface area contributed by atoms with Gasteiger partial charge < -0.3 is 14.8 Å². The number of rotatable bonds is 5. The molecule has 0 bridgehead atoms. The highest BCUT2D eigenvalue weighted by Crippen LogP contribution is 2.34. The zero-order valence-corrected chi connectivity index (χ0v) is 22.8. The number of alkyl halides is 3. The van der Waals surface area contributed by atoms with Crippen molar-refractivity contribution in [3.63, 3.8) is 0 Å². The van der Waals surface area contributed by atoms with E-state index in [9.17, 15) is 27.2 Å². The van der Waals surface area contributed by atoms with Crippen molar-refractivity contribution in [1.82, 2.24) is 14.8 Å². The zero-order valence-electron chi connectivity index (χ0n) is 22.0. The smallest absolute Gasteiger partial charge is 0.406 e. The van der Waals surface area contributed by atoms with Crippen LogP contribution in [0, 0.1) is 5.82 Å². The Labute approximate surface area is 245 Å². The lowest BCUT2D eigenvalue weighted by molar-refractivity contribution is -0.274. The Bertz CT molecular complexity index is 1740. The molecular formula is C28H20F4N6O4S. The average molecular weight is 613 g/mol. The highest BCUT2D eigenvalue weighted by atomic mass is 32.2. The molecule has 15 heteroatoms. The lowest BCUT2D eigenvalue weighted by Gasteiger charge is -2.24. The molecule has 4 aromatic rings. The molecule has 1 fully saturated rings. The molecular weight excluding hydrogens is 592 g/mol. The van der Waals surface area contributed by atoms with Crippen molar-refractivity contribution in [2.75, 3.05) is 22.6 Å². The molecule has 2 aliphatic rings. The summed E-state index contributed by atoms with van der Waals surface area (Å²) in [6, 6.07) is 13.6. The van der Waals surface area contributed by atoms with Crippen LogP contribution < -0.4 is 15.0 Å². The molecule has 220 valence electrons. The number of aromatic nitrogens is 3. The number of nitrogens with zero attached hydrogens (tertiary/aromatic N) is 5. The fourth-order valence-corrected chi connectivity index (χ4v) is 5.46. The molecule has 1 saturated heterocycles. The number of ether oxygens (including phenoxy) is 2. The number of fused-ring (bicyclic) bond motifs is 1. The van der Waals surface area contributed by atoms with Crippen molar-refractivity contribution >= 4 is 40.2 Å². The third kappa shape index (κ3) is 6.22. The van der Waals surface area contributed by atoms with Gasteiger partial charge in [0.15, 0.2) is 11.0 Å². The normalized spacial score (nSPS) is 16.0. The van der Waals surface area contributed by atoms with Crippen molar-refractivity contribution in [2.45, 2.75) is 19.4 Å². The molecule has 6 rings (SSSR count). The van der Waals surface area contributed by atoms with Crippen LogP contribution in [-0.2, 0) is 22.6 Å². The van der Waals surface area contributed by atoms with E-state index < -0.39 is 18.2 Å². The number of amides is 3. The maximum atomic E-state index is 15.0. The van der Waals surface area contributed by atoms with Crippen LogP contribution >= 0.6 is 11.8 Å². The second-order valence-electron chi connectivity index (χ2n) is 9.31. The first kappa shape index (κ1) is 28.4. The summed E-state index contributed by atoms with van der Waals surface area (Å²) in [4.78, 5) is 35.1. The van der Waals surface area contributed by atoms with Gasteiger partial charge in [-0.05, 0) is 66.1 Å². The SMILES string of the molecule is O=C(/N=C1\SCC(=O)N1c1cccc2c1CCOC2)Nc1ccc(-c2ncn(-c3ccc(OC(F)(F)F)cc3)n2)cc1F. The van der Waals surface area contributed by atoms with Crippen molar-refractivity contribution in [2.24, 2.45) is 4.99 Å². The van der Waals surface area contributed by atoms with Crippen molar-refractivity contribution < 1.29 is 36.6 Å². The minimum absolute atomic E-state index is 0.112. The van der Waals surface area contributed by atoms with Crippen molar-refractivity contribution in [3.8, 4) is 22.8 Å². The number of nitrogens with one attached hydrogen (secondary N) is 1. The maximum Gasteiger partial charge on any atom is 0.573 e. The molecule has 1 aromatic heterocycles. The van der Waals surface area contributed by atoms with Gasteiger partial charge in [0.1, 0.15) is 17.9 Å². The Morgan fingerprint density at radius 1 is 1.12 bits per heavy atom. The molecule has 0 aliphatic carbocycles. The number of amidine groups is 1. The van der Waals surface area contributed by atoms with Crippen LogP contribution in [0.3, 0.4) is 0 Å². The quantitative estimate of drug-likeness (QED) is 0.288. The molecule has 0 unspecified atom stereocenters. The third-order valence-corrected chi connectivity index (χ3v) is 7.42. The van der Waals surface area contributed by atoms with E-state index in [4.69, 9.17) is 4.74 Å². The summed E-state index contributed by atoms with van der Waals surface area (Å²) < 4.78 is 62.8. The Balaban J connectivity index is 1.16. The molecule has 3 aromatic carbocycles. The molecule has 0 atom stereocenters. The Morgan fingerprint density at radius 3 is 2.70 bits per heavy atom. The summed E-state index contributed by atoms with van der Waals surface area (Å²) in [5, 5.41) is 6.84. The first-order valence-corrected chi connectivity index (χ1v) is 13.7. The van der Waals surface area contributed by atoms with Crippen LogP contribution in [0.15, 0.2) is 72.0 Å². The number of urea groups is 1. The van der Waals surface area contributed by atoms with Crippen molar-refractivity contribution in [1.29, 1.82) is 0 Å². The van der Waals surface area contributed by atoms with E-state index in [0.29, 0.717) is 36.6 Å². The number of benzene rings is 3. The second kappa shape index (κ2) is 11.5. The molecule has 0 spiro atoms. The number of carbonyl (C=O) groups excluding carboxylic acids is 2. The predicted molar refractivity (Wildman–Crippen MR) is 150 cm³/mol. The van der Waals surface area contributed by atoms with Gasteiger partial charge in [0.25, 0.3) is 0 Å². The number of carbonyl (C=O) groups is 2. The van der Waals surface area contributed by atoms with Crippen LogP contribution in [0.2, 0.25) is 0 Å². The van der Waals surface area contributed by atoms with E-state index in [1.54, 1.807) is 6.07 Å². The predicted octanol–water partition coefficient (Wildman–Crippen LogP) is 5.71. The first-order valence-electron chi connectivity index (χ1n) is 12.8. The largest absolute Gasteiger partial charge is 0.573 e. The molecule has 0 saturated carbocycles. The summed E-state index contributed by atoms with van der Waals surface area (Å²) in [5.74, 6) is -1.13. The van der Waals surface area contributed by atoms with Gasteiger partial charge in [-0.3, -0.25) is 9.69 Å². The lowest BCUT2D eigenvalue weighted by atomic mass is 10.0. The Kier molecular flexibility index (Phi) is 7.58. The lowest BCUT2D eigenvalue weighted by Crippen LogP contribution is -2.32. The van der Waals surface area contributed by atoms with Crippen LogP contribution in [-0.4, -0.2) is 50.6 Å². The molecule has 0 radical (unpaired) electrons. The van der Waals surface area contributed by atoms with Crippen molar-refractivity contribution in [3.05, 3.63) is 83.9 Å². The maximum absolute atomic E-state index is 15.0. The summed E-state index contributed by atoms with van der Waals surface area (Å²) >= 11 is 1.12. The van der Waals surface area contributed by atoms with E-state index in [1.165, 1.54) is 40.2 Å². The molecule has 10 nitrogen and oxygen atoms in total. The van der Waals surface area contributed by atoms with Gasteiger partial charge in [0.05, 0.1) is 36.0 Å². The minimum Gasteiger partial charge on any atom is -0.406 e. The highest BCUT2D eigenvalue weighted by molar-refractivity contribution is 8.15. The van der Waals surface area contributed by atoms with E-state index in [-0.39, 0.29) is 34.1 Å². The van der Waals surface area contributed by atoms with E-state index in [1.807, 2.05) is 12.1 Å². The molecule has 3 heterocycles. The summed E-state index contributed by atoms with van der Waals surface area (Å²) in [6.07, 6.45) is -2.87. The van der Waals surface area contributed by atoms with E-state index in [0.717, 1.165) is 41.1 Å². The molecule has 3 amide bonds. The fraction of sp³-hybridized carbons (Fsp3) is 0.179. The number of halogens is 4. The van der Waals surface area contributed by atoms with Crippen LogP contribution in [0.25, 0.3) is 17.1 Å². The van der Waals surface area contributed by atoms with Crippen LogP contribution in [0.4, 0.5) is 33.7 Å². The molecule has 2 aliphatic heterocycles. The second-order valence-corrected chi connectivity index (χ2v) is 10.3. The van der Waals surface area contributed by atoms with Gasteiger partial charge >= 0.3 is 12.4 Å². The summed E-state index contributed by atoms with van der Waals surface area (Å²) in [6.45, 7) is 0.954. The van der Waals surface area contributed by atoms with Gasteiger partial charge in [-0.15, -0.1) is 18.3 Å². The molecule has 1 N–H and O–H groups in total. The summed E-state index contributed by atoms with van der Waals surface area (Å²) in [7, 11) is 0. The zero-order chi connectivity index (χ0) is 30.1. The number of hydrogen-bond acceptors (Lipinski definition) is 7. The summed E-state index contributed by atoms with van der Waals surface area (Å²) in [5.41, 5.74) is 3.12.